The van der Waals surface area contributed by atoms with Crippen molar-refractivity contribution in [3.63, 3.8) is 0 Å². The molecule has 0 bridgehead atoms. The molecule has 6 heteroatoms. The molecular weight excluding hydrogens is 274 g/mol. The first-order chi connectivity index (χ1) is 9.58. The third kappa shape index (κ3) is 3.96. The van der Waals surface area contributed by atoms with Crippen molar-refractivity contribution in [3.8, 4) is 0 Å². The fourth-order valence-corrected chi connectivity index (χ4v) is 2.39. The van der Waals surface area contributed by atoms with Crippen molar-refractivity contribution in [2.45, 2.75) is 38.3 Å². The number of hydrogen-bond acceptors (Lipinski definition) is 4. The van der Waals surface area contributed by atoms with Crippen molar-refractivity contribution in [1.82, 2.24) is 15.6 Å². The average Bonchev–Trinajstić information content (AvgIpc) is 2.36. The van der Waals surface area contributed by atoms with Crippen LogP contribution in [0.1, 0.15) is 35.4 Å². The van der Waals surface area contributed by atoms with Crippen LogP contribution in [-0.4, -0.2) is 34.6 Å². The number of amides is 2. The van der Waals surface area contributed by atoms with Crippen LogP contribution in [0.4, 0.5) is 0 Å². The van der Waals surface area contributed by atoms with E-state index in [4.69, 9.17) is 0 Å². The first kappa shape index (κ1) is 14.8. The lowest BCUT2D eigenvalue weighted by Crippen LogP contribution is -2.53. The van der Waals surface area contributed by atoms with E-state index in [1.807, 2.05) is 19.1 Å². The van der Waals surface area contributed by atoms with Crippen molar-refractivity contribution in [2.24, 2.45) is 0 Å². The van der Waals surface area contributed by atoms with Gasteiger partial charge in [0.1, 0.15) is 5.69 Å². The largest absolute Gasteiger partial charge is 0.353 e. The Bertz CT molecular complexity index is 501. The molecule has 1 aromatic rings. The normalized spacial score (nSPS) is 20.9. The van der Waals surface area contributed by atoms with Crippen LogP contribution < -0.4 is 10.6 Å². The van der Waals surface area contributed by atoms with Crippen molar-refractivity contribution in [1.29, 1.82) is 0 Å². The molecule has 2 N–H and O–H groups in total. The van der Waals surface area contributed by atoms with Crippen LogP contribution in [0, 0.1) is 6.92 Å². The Balaban J connectivity index is 1.74. The van der Waals surface area contributed by atoms with E-state index in [9.17, 15) is 9.59 Å². The van der Waals surface area contributed by atoms with Crippen LogP contribution in [-0.2, 0) is 4.79 Å². The molecule has 1 fully saturated rings. The van der Waals surface area contributed by atoms with Gasteiger partial charge in [0.25, 0.3) is 5.91 Å². The zero-order valence-electron chi connectivity index (χ0n) is 11.4. The topological polar surface area (TPSA) is 71.1 Å². The van der Waals surface area contributed by atoms with Crippen molar-refractivity contribution >= 4 is 24.4 Å². The summed E-state index contributed by atoms with van der Waals surface area (Å²) < 4.78 is 0. The second-order valence-electron chi connectivity index (χ2n) is 5.04. The molecule has 2 amide bonds. The van der Waals surface area contributed by atoms with Crippen LogP contribution in [0.3, 0.4) is 0 Å². The smallest absolute Gasteiger partial charge is 0.270 e. The van der Waals surface area contributed by atoms with E-state index < -0.39 is 0 Å². The molecule has 0 spiro atoms. The van der Waals surface area contributed by atoms with Crippen molar-refractivity contribution < 1.29 is 9.59 Å². The van der Waals surface area contributed by atoms with Gasteiger partial charge in [0.05, 0.1) is 0 Å². The van der Waals surface area contributed by atoms with Crippen LogP contribution >= 0.6 is 12.6 Å². The molecule has 1 heterocycles. The van der Waals surface area contributed by atoms with E-state index in [1.165, 1.54) is 0 Å². The second-order valence-corrected chi connectivity index (χ2v) is 5.49. The number of carbonyl (C=O) groups excluding carboxylic acids is 2. The molecule has 1 aliphatic carbocycles. The average molecular weight is 293 g/mol. The lowest BCUT2D eigenvalue weighted by Gasteiger charge is -2.36. The van der Waals surface area contributed by atoms with Crippen LogP contribution in [0.5, 0.6) is 0 Å². The Morgan fingerprint density at radius 1 is 1.30 bits per heavy atom. The highest BCUT2D eigenvalue weighted by Crippen LogP contribution is 2.20. The minimum absolute atomic E-state index is 0.0233. The SMILES string of the molecule is Cc1cccc(C(=O)NC2CC(NC(=O)CCS)C2)n1. The Kier molecular flexibility index (Phi) is 5.00. The standard InChI is InChI=1S/C14H19N3O2S/c1-9-3-2-4-12(15-9)14(19)17-11-7-10(8-11)16-13(18)5-6-20/h2-4,10-11,20H,5-8H2,1H3,(H,16,18)(H,17,19). The van der Waals surface area contributed by atoms with Crippen molar-refractivity contribution in [3.05, 3.63) is 29.6 Å². The molecule has 20 heavy (non-hydrogen) atoms. The maximum absolute atomic E-state index is 12.0. The molecule has 5 nitrogen and oxygen atoms in total. The van der Waals surface area contributed by atoms with Gasteiger partial charge in [0.2, 0.25) is 5.91 Å². The highest BCUT2D eigenvalue weighted by Gasteiger charge is 2.31. The molecule has 0 unspecified atom stereocenters. The van der Waals surface area contributed by atoms with Gasteiger partial charge in [0.15, 0.2) is 0 Å². The predicted octanol–water partition coefficient (Wildman–Crippen LogP) is 1.09. The summed E-state index contributed by atoms with van der Waals surface area (Å²) in [6, 6.07) is 5.66. The van der Waals surface area contributed by atoms with Crippen LogP contribution in [0.25, 0.3) is 0 Å². The number of hydrogen-bond donors (Lipinski definition) is 3. The van der Waals surface area contributed by atoms with E-state index in [-0.39, 0.29) is 23.9 Å². The summed E-state index contributed by atoms with van der Waals surface area (Å²) in [6.45, 7) is 1.85. The number of carbonyl (C=O) groups is 2. The molecule has 1 saturated carbocycles. The molecule has 0 aliphatic heterocycles. The Hall–Kier alpha value is -1.56. The van der Waals surface area contributed by atoms with E-state index in [0.717, 1.165) is 18.5 Å². The number of thiol groups is 1. The summed E-state index contributed by atoms with van der Waals surface area (Å²) in [4.78, 5) is 27.5. The van der Waals surface area contributed by atoms with Gasteiger partial charge in [-0.2, -0.15) is 12.6 Å². The summed E-state index contributed by atoms with van der Waals surface area (Å²) in [5.41, 5.74) is 1.26. The molecule has 0 aromatic carbocycles. The zero-order chi connectivity index (χ0) is 14.5. The predicted molar refractivity (Wildman–Crippen MR) is 79.9 cm³/mol. The first-order valence-corrected chi connectivity index (χ1v) is 7.36. The van der Waals surface area contributed by atoms with Gasteiger partial charge >= 0.3 is 0 Å². The third-order valence-electron chi connectivity index (χ3n) is 3.30. The molecule has 2 rings (SSSR count). The Morgan fingerprint density at radius 2 is 2.00 bits per heavy atom. The lowest BCUT2D eigenvalue weighted by atomic mass is 9.86. The van der Waals surface area contributed by atoms with Gasteiger partial charge in [-0.3, -0.25) is 9.59 Å². The van der Waals surface area contributed by atoms with Gasteiger partial charge < -0.3 is 10.6 Å². The Labute approximate surface area is 124 Å². The van der Waals surface area contributed by atoms with E-state index in [1.54, 1.807) is 6.07 Å². The lowest BCUT2D eigenvalue weighted by molar-refractivity contribution is -0.122. The number of aromatic nitrogens is 1. The second kappa shape index (κ2) is 6.74. The number of rotatable bonds is 5. The van der Waals surface area contributed by atoms with Crippen LogP contribution in [0.2, 0.25) is 0 Å². The molecule has 0 radical (unpaired) electrons. The van der Waals surface area contributed by atoms with E-state index in [0.29, 0.717) is 17.9 Å². The monoisotopic (exact) mass is 293 g/mol. The molecule has 1 aromatic heterocycles. The summed E-state index contributed by atoms with van der Waals surface area (Å²) in [5, 5.41) is 5.84. The molecule has 1 aliphatic rings. The fourth-order valence-electron chi connectivity index (χ4n) is 2.18. The van der Waals surface area contributed by atoms with Gasteiger partial charge in [-0.05, 0) is 37.7 Å². The third-order valence-corrected chi connectivity index (χ3v) is 3.52. The highest BCUT2D eigenvalue weighted by atomic mass is 32.1. The van der Waals surface area contributed by atoms with Crippen LogP contribution in [0.15, 0.2) is 18.2 Å². The number of nitrogens with one attached hydrogen (secondary N) is 2. The summed E-state index contributed by atoms with van der Waals surface area (Å²) in [7, 11) is 0. The molecule has 0 atom stereocenters. The fraction of sp³-hybridized carbons (Fsp3) is 0.500. The van der Waals surface area contributed by atoms with Gasteiger partial charge in [-0.25, -0.2) is 4.98 Å². The number of nitrogens with zero attached hydrogens (tertiary/aromatic N) is 1. The maximum atomic E-state index is 12.0. The van der Waals surface area contributed by atoms with Crippen molar-refractivity contribution in [2.75, 3.05) is 5.75 Å². The number of pyridine rings is 1. The first-order valence-electron chi connectivity index (χ1n) is 6.73. The summed E-state index contributed by atoms with van der Waals surface area (Å²) in [5.74, 6) is 0.423. The van der Waals surface area contributed by atoms with E-state index >= 15 is 0 Å². The minimum Gasteiger partial charge on any atom is -0.353 e. The van der Waals surface area contributed by atoms with Gasteiger partial charge in [-0.15, -0.1) is 0 Å². The Morgan fingerprint density at radius 3 is 2.65 bits per heavy atom. The zero-order valence-corrected chi connectivity index (χ0v) is 12.3. The van der Waals surface area contributed by atoms with Gasteiger partial charge in [0, 0.05) is 24.2 Å². The summed E-state index contributed by atoms with van der Waals surface area (Å²) >= 11 is 4.02. The quantitative estimate of drug-likeness (QED) is 0.712. The minimum atomic E-state index is -0.154. The highest BCUT2D eigenvalue weighted by molar-refractivity contribution is 7.80. The molecule has 0 saturated heterocycles. The molecule has 108 valence electrons. The van der Waals surface area contributed by atoms with E-state index in [2.05, 4.69) is 28.2 Å². The number of aryl methyl sites for hydroxylation is 1. The summed E-state index contributed by atoms with van der Waals surface area (Å²) in [6.07, 6.45) is 1.98. The van der Waals surface area contributed by atoms with Gasteiger partial charge in [-0.1, -0.05) is 6.07 Å². The maximum Gasteiger partial charge on any atom is 0.270 e. The molecular formula is C14H19N3O2S.